The molecule has 2 heteroatoms. The molecular weight excluding hydrogens is 306 g/mol. The first-order chi connectivity index (χ1) is 12.4. The summed E-state index contributed by atoms with van der Waals surface area (Å²) < 4.78 is 5.94. The van der Waals surface area contributed by atoms with Gasteiger partial charge in [-0.25, -0.2) is 4.98 Å². The number of benzene rings is 2. The van der Waals surface area contributed by atoms with Crippen molar-refractivity contribution >= 4 is 10.9 Å². The second kappa shape index (κ2) is 7.69. The lowest BCUT2D eigenvalue weighted by Gasteiger charge is -2.14. The molecule has 2 aromatic carbocycles. The van der Waals surface area contributed by atoms with Gasteiger partial charge in [0, 0.05) is 11.3 Å². The van der Waals surface area contributed by atoms with Crippen LogP contribution >= 0.6 is 0 Å². The Balaban J connectivity index is 1.40. The summed E-state index contributed by atoms with van der Waals surface area (Å²) >= 11 is 0. The van der Waals surface area contributed by atoms with E-state index in [1.54, 1.807) is 5.92 Å². The van der Waals surface area contributed by atoms with Crippen LogP contribution < -0.4 is 4.74 Å². The number of nitrogens with zero attached hydrogens (tertiary/aromatic N) is 1. The van der Waals surface area contributed by atoms with Gasteiger partial charge in [0.25, 0.3) is 0 Å². The van der Waals surface area contributed by atoms with Crippen LogP contribution in [0.3, 0.4) is 0 Å². The largest absolute Gasteiger partial charge is 0.487 e. The van der Waals surface area contributed by atoms with Crippen molar-refractivity contribution in [3.8, 4) is 5.75 Å². The highest BCUT2D eigenvalue weighted by Gasteiger charge is 2.14. The number of fused-ring (bicyclic) bond motifs is 1. The highest BCUT2D eigenvalue weighted by atomic mass is 16.5. The van der Waals surface area contributed by atoms with Crippen molar-refractivity contribution in [2.75, 3.05) is 0 Å². The molecule has 1 radical (unpaired) electrons. The predicted octanol–water partition coefficient (Wildman–Crippen LogP) is 6.09. The Bertz CT molecular complexity index is 817. The van der Waals surface area contributed by atoms with Gasteiger partial charge in [-0.15, -0.1) is 0 Å². The third-order valence-electron chi connectivity index (χ3n) is 5.01. The van der Waals surface area contributed by atoms with Crippen LogP contribution in [0.4, 0.5) is 0 Å². The van der Waals surface area contributed by atoms with Crippen LogP contribution in [-0.4, -0.2) is 4.98 Å². The summed E-state index contributed by atoms with van der Waals surface area (Å²) in [7, 11) is 0. The number of pyridine rings is 1. The third kappa shape index (κ3) is 4.01. The first-order valence-electron chi connectivity index (χ1n) is 9.31. The second-order valence-corrected chi connectivity index (χ2v) is 6.83. The zero-order valence-corrected chi connectivity index (χ0v) is 14.6. The highest BCUT2D eigenvalue weighted by Crippen LogP contribution is 2.31. The number of hydrogen-bond acceptors (Lipinski definition) is 2. The molecule has 1 heterocycles. The zero-order chi connectivity index (χ0) is 16.9. The van der Waals surface area contributed by atoms with Crippen LogP contribution in [0.2, 0.25) is 0 Å². The Kier molecular flexibility index (Phi) is 4.96. The topological polar surface area (TPSA) is 22.1 Å². The van der Waals surface area contributed by atoms with E-state index in [1.165, 1.54) is 44.1 Å². The average molecular weight is 330 g/mol. The highest BCUT2D eigenvalue weighted by molar-refractivity contribution is 5.78. The molecule has 127 valence electrons. The number of para-hydroxylation sites is 1. The summed E-state index contributed by atoms with van der Waals surface area (Å²) in [6.45, 7) is 0.501. The quantitative estimate of drug-likeness (QED) is 0.540. The number of hydrogen-bond donors (Lipinski definition) is 0. The Morgan fingerprint density at radius 3 is 2.32 bits per heavy atom. The smallest absolute Gasteiger partial charge is 0.130 e. The summed E-state index contributed by atoms with van der Waals surface area (Å²) in [4.78, 5) is 4.66. The molecular formula is C23H24NO. The Labute approximate surface area is 149 Å². The summed E-state index contributed by atoms with van der Waals surface area (Å²) in [5.74, 6) is 2.52. The van der Waals surface area contributed by atoms with E-state index >= 15 is 0 Å². The van der Waals surface area contributed by atoms with Gasteiger partial charge in [-0.05, 0) is 42.7 Å². The van der Waals surface area contributed by atoms with Gasteiger partial charge < -0.3 is 4.74 Å². The Morgan fingerprint density at radius 2 is 1.52 bits per heavy atom. The molecule has 2 nitrogen and oxygen atoms in total. The Morgan fingerprint density at radius 1 is 0.760 bits per heavy atom. The van der Waals surface area contributed by atoms with E-state index < -0.39 is 0 Å². The lowest BCUT2D eigenvalue weighted by Crippen LogP contribution is -2.00. The maximum atomic E-state index is 5.94. The van der Waals surface area contributed by atoms with Crippen LogP contribution in [-0.2, 0) is 6.61 Å². The standard InChI is InChI=1S/C23H24NO/c1-2-4-8-18(7-3-1)19-12-15-22(16-13-19)25-17-21-14-11-20-9-5-6-10-23(20)24-21/h5-6,9-16H,1-4,7-8,17H2. The number of ether oxygens (including phenoxy) is 1. The van der Waals surface area contributed by atoms with Crippen molar-refractivity contribution in [3.63, 3.8) is 0 Å². The summed E-state index contributed by atoms with van der Waals surface area (Å²) in [5, 5.41) is 1.16. The molecule has 4 rings (SSSR count). The van der Waals surface area contributed by atoms with Crippen molar-refractivity contribution in [1.82, 2.24) is 4.98 Å². The van der Waals surface area contributed by atoms with Crippen molar-refractivity contribution < 1.29 is 4.74 Å². The van der Waals surface area contributed by atoms with E-state index in [-0.39, 0.29) is 0 Å². The van der Waals surface area contributed by atoms with E-state index in [1.807, 2.05) is 24.3 Å². The molecule has 1 aliphatic rings. The molecule has 0 spiro atoms. The molecule has 1 aromatic heterocycles. The van der Waals surface area contributed by atoms with E-state index in [9.17, 15) is 0 Å². The van der Waals surface area contributed by atoms with Crippen LogP contribution in [0.1, 0.15) is 49.8 Å². The molecule has 0 bridgehead atoms. The molecule has 3 aromatic rings. The van der Waals surface area contributed by atoms with E-state index in [0.29, 0.717) is 6.61 Å². The fraction of sp³-hybridized carbons (Fsp3) is 0.304. The monoisotopic (exact) mass is 330 g/mol. The van der Waals surface area contributed by atoms with Gasteiger partial charge >= 0.3 is 0 Å². The fourth-order valence-electron chi connectivity index (χ4n) is 3.58. The van der Waals surface area contributed by atoms with Gasteiger partial charge in [0.15, 0.2) is 0 Å². The van der Waals surface area contributed by atoms with Crippen LogP contribution in [0, 0.1) is 5.92 Å². The molecule has 0 amide bonds. The summed E-state index contributed by atoms with van der Waals surface area (Å²) in [6, 6.07) is 20.9. The number of aromatic nitrogens is 1. The minimum Gasteiger partial charge on any atom is -0.487 e. The lowest BCUT2D eigenvalue weighted by atomic mass is 9.92. The first kappa shape index (κ1) is 16.1. The van der Waals surface area contributed by atoms with Gasteiger partial charge in [0.05, 0.1) is 11.2 Å². The normalized spacial score (nSPS) is 15.8. The van der Waals surface area contributed by atoms with Crippen molar-refractivity contribution in [2.45, 2.75) is 45.1 Å². The molecule has 1 saturated carbocycles. The van der Waals surface area contributed by atoms with Crippen LogP contribution in [0.5, 0.6) is 5.75 Å². The van der Waals surface area contributed by atoms with Gasteiger partial charge in [-0.1, -0.05) is 62.1 Å². The third-order valence-corrected chi connectivity index (χ3v) is 5.01. The first-order valence-corrected chi connectivity index (χ1v) is 9.31. The van der Waals surface area contributed by atoms with E-state index in [4.69, 9.17) is 4.74 Å². The maximum absolute atomic E-state index is 5.94. The molecule has 25 heavy (non-hydrogen) atoms. The lowest BCUT2D eigenvalue weighted by molar-refractivity contribution is 0.301. The van der Waals surface area contributed by atoms with Gasteiger partial charge in [0.1, 0.15) is 12.4 Å². The minimum atomic E-state index is 0.501. The van der Waals surface area contributed by atoms with Gasteiger partial charge in [0.2, 0.25) is 0 Å². The van der Waals surface area contributed by atoms with Crippen molar-refractivity contribution in [2.24, 2.45) is 0 Å². The molecule has 0 unspecified atom stereocenters. The molecule has 1 fully saturated rings. The summed E-state index contributed by atoms with van der Waals surface area (Å²) in [5.41, 5.74) is 3.36. The molecule has 0 N–H and O–H groups in total. The van der Waals surface area contributed by atoms with Crippen molar-refractivity contribution in [1.29, 1.82) is 0 Å². The second-order valence-electron chi connectivity index (χ2n) is 6.83. The van der Waals surface area contributed by atoms with Gasteiger partial charge in [-0.2, -0.15) is 0 Å². The molecule has 0 aliphatic heterocycles. The maximum Gasteiger partial charge on any atom is 0.130 e. The molecule has 0 atom stereocenters. The minimum absolute atomic E-state index is 0.501. The molecule has 0 saturated heterocycles. The zero-order valence-electron chi connectivity index (χ0n) is 14.6. The van der Waals surface area contributed by atoms with Crippen LogP contribution in [0.15, 0.2) is 60.7 Å². The fourth-order valence-corrected chi connectivity index (χ4v) is 3.58. The number of rotatable bonds is 4. The van der Waals surface area contributed by atoms with Crippen molar-refractivity contribution in [3.05, 3.63) is 77.8 Å². The van der Waals surface area contributed by atoms with Crippen LogP contribution in [0.25, 0.3) is 10.9 Å². The molecule has 1 aliphatic carbocycles. The SMILES string of the molecule is c1ccc2nc(COc3ccc([C]4CCCCCC4)cc3)ccc2c1. The summed E-state index contributed by atoms with van der Waals surface area (Å²) in [6.07, 6.45) is 7.93. The predicted molar refractivity (Wildman–Crippen MR) is 103 cm³/mol. The van der Waals surface area contributed by atoms with E-state index in [0.717, 1.165) is 22.3 Å². The van der Waals surface area contributed by atoms with Gasteiger partial charge in [-0.3, -0.25) is 0 Å². The van der Waals surface area contributed by atoms with E-state index in [2.05, 4.69) is 41.4 Å². The Hall–Kier alpha value is -2.35. The average Bonchev–Trinajstić information content (AvgIpc) is 2.96.